The van der Waals surface area contributed by atoms with Crippen molar-refractivity contribution in [2.45, 2.75) is 37.6 Å². The summed E-state index contributed by atoms with van der Waals surface area (Å²) in [7, 11) is 0. The zero-order chi connectivity index (χ0) is 22.6. The van der Waals surface area contributed by atoms with Crippen LogP contribution in [0, 0.1) is 11.3 Å². The fourth-order valence-corrected chi connectivity index (χ4v) is 3.68. The Morgan fingerprint density at radius 3 is 2.65 bits per heavy atom. The Kier molecular flexibility index (Phi) is 6.81. The predicted octanol–water partition coefficient (Wildman–Crippen LogP) is 4.71. The van der Waals surface area contributed by atoms with E-state index in [0.717, 1.165) is 16.0 Å². The van der Waals surface area contributed by atoms with Gasteiger partial charge in [0.05, 0.1) is 12.6 Å². The standard InChI is InChI=1S/C23H20ClF2N3O2/c1-15(16-2-4-18(24)5-3-16)10-17-13-28-9-8-20(17)21(30)6-7-22(31)29-14-23(25,26)11-19(29)12-27/h2-5,8-9,13,19H,1,6-7,10-11,14H2/t19-/m0/s1. The van der Waals surface area contributed by atoms with Crippen molar-refractivity contribution in [2.24, 2.45) is 0 Å². The maximum absolute atomic E-state index is 13.6. The number of hydrogen-bond donors (Lipinski definition) is 0. The molecule has 1 atom stereocenters. The highest BCUT2D eigenvalue weighted by Crippen LogP contribution is 2.32. The maximum Gasteiger partial charge on any atom is 0.268 e. The lowest BCUT2D eigenvalue weighted by molar-refractivity contribution is -0.132. The van der Waals surface area contributed by atoms with Crippen LogP contribution in [-0.4, -0.2) is 40.1 Å². The minimum absolute atomic E-state index is 0.149. The van der Waals surface area contributed by atoms with E-state index in [1.165, 1.54) is 6.20 Å². The van der Waals surface area contributed by atoms with Crippen LogP contribution in [-0.2, 0) is 11.2 Å². The molecule has 1 saturated heterocycles. The number of pyridine rings is 1. The molecule has 1 aromatic carbocycles. The van der Waals surface area contributed by atoms with Gasteiger partial charge in [0.15, 0.2) is 5.78 Å². The molecule has 3 rings (SSSR count). The summed E-state index contributed by atoms with van der Waals surface area (Å²) < 4.78 is 27.1. The highest BCUT2D eigenvalue weighted by molar-refractivity contribution is 6.30. The SMILES string of the molecule is C=C(Cc1cnccc1C(=O)CCC(=O)N1CC(F)(F)C[C@H]1C#N)c1ccc(Cl)cc1. The van der Waals surface area contributed by atoms with Crippen molar-refractivity contribution in [1.29, 1.82) is 5.26 Å². The molecule has 0 aliphatic carbocycles. The van der Waals surface area contributed by atoms with E-state index in [2.05, 4.69) is 11.6 Å². The fourth-order valence-electron chi connectivity index (χ4n) is 3.55. The van der Waals surface area contributed by atoms with Gasteiger partial charge in [0, 0.05) is 42.2 Å². The lowest BCUT2D eigenvalue weighted by Gasteiger charge is -2.19. The van der Waals surface area contributed by atoms with E-state index >= 15 is 0 Å². The number of benzene rings is 1. The average molecular weight is 444 g/mol. The number of alkyl halides is 2. The van der Waals surface area contributed by atoms with E-state index in [4.69, 9.17) is 16.9 Å². The molecule has 0 bridgehead atoms. The predicted molar refractivity (Wildman–Crippen MR) is 113 cm³/mol. The summed E-state index contributed by atoms with van der Waals surface area (Å²) >= 11 is 5.91. The van der Waals surface area contributed by atoms with Gasteiger partial charge in [-0.1, -0.05) is 30.3 Å². The van der Waals surface area contributed by atoms with Crippen LogP contribution in [0.25, 0.3) is 5.57 Å². The van der Waals surface area contributed by atoms with Gasteiger partial charge in [0.25, 0.3) is 5.92 Å². The Balaban J connectivity index is 1.66. The maximum atomic E-state index is 13.6. The number of amides is 1. The van der Waals surface area contributed by atoms with E-state index < -0.39 is 30.8 Å². The molecule has 0 N–H and O–H groups in total. The number of Topliss-reactive ketones (excluding diaryl/α,β-unsaturated/α-hetero) is 1. The normalized spacial score (nSPS) is 17.2. The lowest BCUT2D eigenvalue weighted by atomic mass is 9.95. The molecule has 0 spiro atoms. The number of rotatable bonds is 7. The molecule has 5 nitrogen and oxygen atoms in total. The zero-order valence-electron chi connectivity index (χ0n) is 16.7. The molecule has 2 aromatic rings. The topological polar surface area (TPSA) is 74.1 Å². The molecule has 1 aliphatic rings. The second-order valence-electron chi connectivity index (χ2n) is 7.47. The summed E-state index contributed by atoms with van der Waals surface area (Å²) in [5, 5.41) is 9.64. The van der Waals surface area contributed by atoms with Gasteiger partial charge >= 0.3 is 0 Å². The third kappa shape index (κ3) is 5.53. The lowest BCUT2D eigenvalue weighted by Crippen LogP contribution is -2.36. The zero-order valence-corrected chi connectivity index (χ0v) is 17.4. The first-order valence-electron chi connectivity index (χ1n) is 9.67. The van der Waals surface area contributed by atoms with Gasteiger partial charge in [-0.3, -0.25) is 14.6 Å². The number of carbonyl (C=O) groups is 2. The molecule has 1 amide bonds. The van der Waals surface area contributed by atoms with Crippen molar-refractivity contribution >= 4 is 28.9 Å². The first-order valence-corrected chi connectivity index (χ1v) is 10.0. The molecule has 0 radical (unpaired) electrons. The van der Waals surface area contributed by atoms with Crippen molar-refractivity contribution in [2.75, 3.05) is 6.54 Å². The van der Waals surface area contributed by atoms with E-state index in [0.29, 0.717) is 22.6 Å². The minimum Gasteiger partial charge on any atom is -0.320 e. The first-order chi connectivity index (χ1) is 14.7. The number of carbonyl (C=O) groups excluding carboxylic acids is 2. The van der Waals surface area contributed by atoms with Gasteiger partial charge in [0.2, 0.25) is 5.91 Å². The number of allylic oxidation sites excluding steroid dienone is 1. The van der Waals surface area contributed by atoms with Crippen LogP contribution < -0.4 is 0 Å². The van der Waals surface area contributed by atoms with E-state index in [1.54, 1.807) is 30.5 Å². The van der Waals surface area contributed by atoms with Crippen molar-refractivity contribution in [3.63, 3.8) is 0 Å². The second kappa shape index (κ2) is 9.36. The van der Waals surface area contributed by atoms with Crippen molar-refractivity contribution in [3.05, 3.63) is 71.0 Å². The fraction of sp³-hybridized carbons (Fsp3) is 0.304. The van der Waals surface area contributed by atoms with Gasteiger partial charge in [-0.15, -0.1) is 0 Å². The molecule has 0 saturated carbocycles. The molecule has 1 aromatic heterocycles. The number of ketones is 1. The van der Waals surface area contributed by atoms with Gasteiger partial charge in [-0.25, -0.2) is 8.78 Å². The molecule has 2 heterocycles. The van der Waals surface area contributed by atoms with Gasteiger partial charge < -0.3 is 4.90 Å². The molecule has 31 heavy (non-hydrogen) atoms. The van der Waals surface area contributed by atoms with Crippen LogP contribution in [0.1, 0.15) is 40.7 Å². The second-order valence-corrected chi connectivity index (χ2v) is 7.91. The monoisotopic (exact) mass is 443 g/mol. The Bertz CT molecular complexity index is 1050. The summed E-state index contributed by atoms with van der Waals surface area (Å²) in [6.07, 6.45) is 2.36. The number of hydrogen-bond acceptors (Lipinski definition) is 4. The van der Waals surface area contributed by atoms with Gasteiger partial charge in [-0.05, 0) is 41.3 Å². The number of halogens is 3. The van der Waals surface area contributed by atoms with Crippen molar-refractivity contribution < 1.29 is 18.4 Å². The smallest absolute Gasteiger partial charge is 0.268 e. The summed E-state index contributed by atoms with van der Waals surface area (Å²) in [4.78, 5) is 30.1. The molecule has 8 heteroatoms. The van der Waals surface area contributed by atoms with Crippen LogP contribution in [0.15, 0.2) is 49.3 Å². The Hall–Kier alpha value is -3.11. The van der Waals surface area contributed by atoms with E-state index in [-0.39, 0.29) is 18.6 Å². The van der Waals surface area contributed by atoms with E-state index in [1.807, 2.05) is 12.1 Å². The van der Waals surface area contributed by atoms with Crippen LogP contribution in [0.4, 0.5) is 8.78 Å². The molecule has 1 aliphatic heterocycles. The molecular weight excluding hydrogens is 424 g/mol. The van der Waals surface area contributed by atoms with Crippen LogP contribution in [0.2, 0.25) is 5.02 Å². The summed E-state index contributed by atoms with van der Waals surface area (Å²) in [5.74, 6) is -4.01. The highest BCUT2D eigenvalue weighted by Gasteiger charge is 2.47. The Morgan fingerprint density at radius 2 is 1.97 bits per heavy atom. The molecule has 0 unspecified atom stereocenters. The number of likely N-dealkylation sites (tertiary alicyclic amines) is 1. The van der Waals surface area contributed by atoms with Crippen LogP contribution in [0.5, 0.6) is 0 Å². The number of nitriles is 1. The highest BCUT2D eigenvalue weighted by atomic mass is 35.5. The van der Waals surface area contributed by atoms with E-state index in [9.17, 15) is 18.4 Å². The number of nitrogens with zero attached hydrogens (tertiary/aromatic N) is 3. The third-order valence-corrected chi connectivity index (χ3v) is 5.42. The third-order valence-electron chi connectivity index (χ3n) is 5.17. The average Bonchev–Trinajstić information content (AvgIpc) is 3.07. The molecule has 160 valence electrons. The minimum atomic E-state index is -3.08. The van der Waals surface area contributed by atoms with Crippen molar-refractivity contribution in [3.8, 4) is 6.07 Å². The quantitative estimate of drug-likeness (QED) is 0.580. The molecule has 1 fully saturated rings. The summed E-state index contributed by atoms with van der Waals surface area (Å²) in [6.45, 7) is 3.27. The largest absolute Gasteiger partial charge is 0.320 e. The van der Waals surface area contributed by atoms with Crippen LogP contribution >= 0.6 is 11.6 Å². The Morgan fingerprint density at radius 1 is 1.26 bits per heavy atom. The number of aromatic nitrogens is 1. The summed E-state index contributed by atoms with van der Waals surface area (Å²) in [6, 6.07) is 9.30. The Labute approximate surface area is 184 Å². The van der Waals surface area contributed by atoms with Gasteiger partial charge in [0.1, 0.15) is 6.04 Å². The van der Waals surface area contributed by atoms with Crippen LogP contribution in [0.3, 0.4) is 0 Å². The van der Waals surface area contributed by atoms with Crippen molar-refractivity contribution in [1.82, 2.24) is 9.88 Å². The van der Waals surface area contributed by atoms with Gasteiger partial charge in [-0.2, -0.15) is 5.26 Å². The first kappa shape index (κ1) is 22.6. The molecular formula is C23H20ClF2N3O2. The summed E-state index contributed by atoms with van der Waals surface area (Å²) in [5.41, 5.74) is 2.70.